The van der Waals surface area contributed by atoms with Gasteiger partial charge in [0.05, 0.1) is 47.6 Å². The molecule has 1 amide bonds. The van der Waals surface area contributed by atoms with Crippen LogP contribution in [0.25, 0.3) is 0 Å². The fourth-order valence-electron chi connectivity index (χ4n) is 3.65. The number of hydrogen-bond donors (Lipinski definition) is 2. The molecular weight excluding hydrogens is 502 g/mol. The lowest BCUT2D eigenvalue weighted by molar-refractivity contribution is -0.140. The first-order valence-corrected chi connectivity index (χ1v) is 12.3. The number of esters is 1. The largest absolute Gasteiger partial charge is 0.497 e. The summed E-state index contributed by atoms with van der Waals surface area (Å²) in [5.41, 5.74) is 2.25. The van der Waals surface area contributed by atoms with Gasteiger partial charge in [-0.05, 0) is 30.7 Å². The molecule has 188 valence electrons. The van der Waals surface area contributed by atoms with Gasteiger partial charge in [0.25, 0.3) is 0 Å². The van der Waals surface area contributed by atoms with E-state index in [-0.39, 0.29) is 36.0 Å². The fraction of sp³-hybridized carbons (Fsp3) is 0.269. The van der Waals surface area contributed by atoms with Crippen LogP contribution in [0.5, 0.6) is 5.75 Å². The molecule has 1 atom stereocenters. The zero-order valence-electron chi connectivity index (χ0n) is 20.1. The highest BCUT2D eigenvalue weighted by Gasteiger charge is 2.36. The zero-order valence-corrected chi connectivity index (χ0v) is 21.7. The van der Waals surface area contributed by atoms with E-state index in [2.05, 4.69) is 16.7 Å². The number of halogens is 1. The number of allylic oxidation sites excluding steroid dienone is 2. The highest BCUT2D eigenvalue weighted by atomic mass is 35.5. The second kappa shape index (κ2) is 13.0. The van der Waals surface area contributed by atoms with Crippen molar-refractivity contribution < 1.29 is 23.8 Å². The van der Waals surface area contributed by atoms with Crippen LogP contribution in [-0.4, -0.2) is 45.1 Å². The molecular formula is C26H26ClN3O5S. The van der Waals surface area contributed by atoms with Gasteiger partial charge in [-0.25, -0.2) is 4.79 Å². The van der Waals surface area contributed by atoms with Crippen molar-refractivity contribution in [2.45, 2.75) is 12.8 Å². The number of methoxy groups -OCH3 is 2. The van der Waals surface area contributed by atoms with Gasteiger partial charge < -0.3 is 24.8 Å². The van der Waals surface area contributed by atoms with Gasteiger partial charge in [0.1, 0.15) is 12.4 Å². The number of carbonyl (C=O) groups excluding carboxylic acids is 2. The van der Waals surface area contributed by atoms with E-state index >= 15 is 0 Å². The molecule has 0 saturated carbocycles. The Kier molecular flexibility index (Phi) is 9.82. The summed E-state index contributed by atoms with van der Waals surface area (Å²) in [6, 6.07) is 16.3. The third kappa shape index (κ3) is 6.61. The summed E-state index contributed by atoms with van der Waals surface area (Å²) in [6.45, 7) is 2.04. The SMILES string of the molecule is COCCOC(=O)C1=C(C)NC(SCC(=O)Nc2cccc(OC)c2)=C(C#N)[C@@H]1c1ccccc1Cl. The maximum absolute atomic E-state index is 13.0. The summed E-state index contributed by atoms with van der Waals surface area (Å²) in [5.74, 6) is -0.947. The number of nitrogens with zero attached hydrogens (tertiary/aromatic N) is 1. The molecule has 1 heterocycles. The molecule has 0 spiro atoms. The number of dihydropyridines is 1. The first kappa shape index (κ1) is 27.1. The zero-order chi connectivity index (χ0) is 26.1. The smallest absolute Gasteiger partial charge is 0.336 e. The van der Waals surface area contributed by atoms with Crippen molar-refractivity contribution >= 4 is 40.9 Å². The first-order chi connectivity index (χ1) is 17.4. The van der Waals surface area contributed by atoms with Crippen molar-refractivity contribution in [3.05, 3.63) is 81.0 Å². The van der Waals surface area contributed by atoms with Crippen molar-refractivity contribution in [1.82, 2.24) is 5.32 Å². The van der Waals surface area contributed by atoms with E-state index in [1.165, 1.54) is 7.11 Å². The van der Waals surface area contributed by atoms with Gasteiger partial charge in [-0.15, -0.1) is 0 Å². The Morgan fingerprint density at radius 3 is 2.64 bits per heavy atom. The predicted molar refractivity (Wildman–Crippen MR) is 140 cm³/mol. The normalized spacial score (nSPS) is 15.1. The molecule has 2 N–H and O–H groups in total. The fourth-order valence-corrected chi connectivity index (χ4v) is 4.78. The number of hydrogen-bond acceptors (Lipinski definition) is 8. The lowest BCUT2D eigenvalue weighted by Gasteiger charge is -2.29. The van der Waals surface area contributed by atoms with Gasteiger partial charge in [0, 0.05) is 29.6 Å². The minimum Gasteiger partial charge on any atom is -0.497 e. The molecule has 1 aliphatic rings. The van der Waals surface area contributed by atoms with Gasteiger partial charge in [0.15, 0.2) is 0 Å². The van der Waals surface area contributed by atoms with Crippen molar-refractivity contribution in [1.29, 1.82) is 5.26 Å². The quantitative estimate of drug-likeness (QED) is 0.340. The van der Waals surface area contributed by atoms with Gasteiger partial charge in [-0.1, -0.05) is 47.6 Å². The van der Waals surface area contributed by atoms with E-state index in [1.807, 2.05) is 0 Å². The number of thioether (sulfide) groups is 1. The summed E-state index contributed by atoms with van der Waals surface area (Å²) >= 11 is 7.65. The monoisotopic (exact) mass is 527 g/mol. The maximum atomic E-state index is 13.0. The number of anilines is 1. The van der Waals surface area contributed by atoms with Crippen molar-refractivity contribution in [2.24, 2.45) is 0 Å². The van der Waals surface area contributed by atoms with Crippen molar-refractivity contribution in [3.63, 3.8) is 0 Å². The first-order valence-electron chi connectivity index (χ1n) is 11.0. The van der Waals surface area contributed by atoms with Crippen LogP contribution in [0.1, 0.15) is 18.4 Å². The van der Waals surface area contributed by atoms with E-state index < -0.39 is 11.9 Å². The summed E-state index contributed by atoms with van der Waals surface area (Å²) in [7, 11) is 3.06. The molecule has 0 aliphatic carbocycles. The van der Waals surface area contributed by atoms with Crippen LogP contribution in [0, 0.1) is 11.3 Å². The summed E-state index contributed by atoms with van der Waals surface area (Å²) in [5, 5.41) is 16.9. The van der Waals surface area contributed by atoms with Gasteiger partial charge in [-0.3, -0.25) is 4.79 Å². The second-order valence-electron chi connectivity index (χ2n) is 7.67. The molecule has 0 unspecified atom stereocenters. The van der Waals surface area contributed by atoms with E-state index in [9.17, 15) is 14.9 Å². The Morgan fingerprint density at radius 2 is 1.94 bits per heavy atom. The summed E-state index contributed by atoms with van der Waals surface area (Å²) in [6.07, 6.45) is 0. The van der Waals surface area contributed by atoms with Gasteiger partial charge in [0.2, 0.25) is 5.91 Å². The molecule has 2 aromatic rings. The van der Waals surface area contributed by atoms with Gasteiger partial charge in [-0.2, -0.15) is 5.26 Å². The van der Waals surface area contributed by atoms with Crippen LogP contribution in [0.2, 0.25) is 5.02 Å². The highest BCUT2D eigenvalue weighted by molar-refractivity contribution is 8.03. The van der Waals surface area contributed by atoms with Crippen molar-refractivity contribution in [3.8, 4) is 11.8 Å². The number of benzene rings is 2. The van der Waals surface area contributed by atoms with Crippen LogP contribution in [0.4, 0.5) is 5.69 Å². The van der Waals surface area contributed by atoms with E-state index in [4.69, 9.17) is 25.8 Å². The summed E-state index contributed by atoms with van der Waals surface area (Å²) < 4.78 is 15.5. The minimum atomic E-state index is -0.760. The number of ether oxygens (including phenoxy) is 3. The molecule has 3 rings (SSSR count). The molecule has 2 aromatic carbocycles. The van der Waals surface area contributed by atoms with Crippen LogP contribution < -0.4 is 15.4 Å². The lowest BCUT2D eigenvalue weighted by Crippen LogP contribution is -2.30. The number of amides is 1. The Balaban J connectivity index is 1.88. The van der Waals surface area contributed by atoms with Crippen LogP contribution in [0.15, 0.2) is 70.4 Å². The number of carbonyl (C=O) groups is 2. The standard InChI is InChI=1S/C26H26ClN3O5S/c1-16-23(26(32)35-12-11-33-2)24(19-9-4-5-10-21(19)27)20(14-28)25(29-16)36-15-22(31)30-17-7-6-8-18(13-17)34-3/h4-10,13,24,29H,11-12,15H2,1-3H3,(H,30,31)/t24-/m0/s1. The molecule has 36 heavy (non-hydrogen) atoms. The molecule has 1 aliphatic heterocycles. The number of nitrogens with one attached hydrogen (secondary N) is 2. The van der Waals surface area contributed by atoms with Crippen molar-refractivity contribution in [2.75, 3.05) is 38.5 Å². The number of nitriles is 1. The van der Waals surface area contributed by atoms with Crippen LogP contribution >= 0.6 is 23.4 Å². The third-order valence-electron chi connectivity index (χ3n) is 5.31. The molecule has 0 fully saturated rings. The van der Waals surface area contributed by atoms with E-state index in [0.29, 0.717) is 32.7 Å². The van der Waals surface area contributed by atoms with Crippen LogP contribution in [-0.2, 0) is 19.1 Å². The Hall–Kier alpha value is -3.45. The highest BCUT2D eigenvalue weighted by Crippen LogP contribution is 2.43. The average Bonchev–Trinajstić information content (AvgIpc) is 2.87. The Labute approximate surface area is 219 Å². The lowest BCUT2D eigenvalue weighted by atomic mass is 9.82. The molecule has 8 nitrogen and oxygen atoms in total. The number of rotatable bonds is 10. The topological polar surface area (TPSA) is 110 Å². The Bertz CT molecular complexity index is 1240. The third-order valence-corrected chi connectivity index (χ3v) is 6.67. The predicted octanol–water partition coefficient (Wildman–Crippen LogP) is 4.61. The molecule has 0 saturated heterocycles. The molecule has 0 bridgehead atoms. The molecule has 0 aromatic heterocycles. The second-order valence-corrected chi connectivity index (χ2v) is 9.06. The van der Waals surface area contributed by atoms with E-state index in [1.54, 1.807) is 62.6 Å². The minimum absolute atomic E-state index is 0.0286. The Morgan fingerprint density at radius 1 is 1.17 bits per heavy atom. The average molecular weight is 528 g/mol. The molecule has 0 radical (unpaired) electrons. The molecule has 10 heteroatoms. The van der Waals surface area contributed by atoms with E-state index in [0.717, 1.165) is 11.8 Å². The maximum Gasteiger partial charge on any atom is 0.336 e. The summed E-state index contributed by atoms with van der Waals surface area (Å²) in [4.78, 5) is 25.7. The van der Waals surface area contributed by atoms with Crippen LogP contribution in [0.3, 0.4) is 0 Å². The van der Waals surface area contributed by atoms with Gasteiger partial charge >= 0.3 is 5.97 Å².